The van der Waals surface area contributed by atoms with Crippen LogP contribution >= 0.6 is 11.3 Å². The molecule has 2 heterocycles. The fourth-order valence-corrected chi connectivity index (χ4v) is 3.34. The van der Waals surface area contributed by atoms with Crippen LogP contribution < -0.4 is 5.56 Å². The van der Waals surface area contributed by atoms with Gasteiger partial charge in [-0.3, -0.25) is 4.79 Å². The summed E-state index contributed by atoms with van der Waals surface area (Å²) in [5.74, 6) is 0.569. The molecule has 0 aliphatic carbocycles. The first-order valence-corrected chi connectivity index (χ1v) is 8.06. The molecule has 112 valence electrons. The summed E-state index contributed by atoms with van der Waals surface area (Å²) < 4.78 is 1.37. The molecular weight excluding hydrogens is 306 g/mol. The molecule has 0 saturated carbocycles. The van der Waals surface area contributed by atoms with Gasteiger partial charge in [-0.15, -0.1) is 5.10 Å². The Hall–Kier alpha value is -2.79. The third-order valence-electron chi connectivity index (χ3n) is 3.61. The molecule has 2 aromatic carbocycles. The molecule has 0 atom stereocenters. The maximum atomic E-state index is 12.4. The third kappa shape index (κ3) is 2.55. The second kappa shape index (κ2) is 5.44. The van der Waals surface area contributed by atoms with Crippen molar-refractivity contribution in [1.82, 2.24) is 14.6 Å². The van der Waals surface area contributed by atoms with Crippen molar-refractivity contribution in [3.05, 3.63) is 76.6 Å². The Kier molecular flexibility index (Phi) is 3.28. The van der Waals surface area contributed by atoms with Crippen LogP contribution in [0.2, 0.25) is 0 Å². The number of fused-ring (bicyclic) bond motifs is 1. The van der Waals surface area contributed by atoms with E-state index in [4.69, 9.17) is 0 Å². The number of hydrogen-bond acceptors (Lipinski definition) is 4. The Labute approximate surface area is 136 Å². The standard InChI is InChI=1S/C18H13N3OS/c1-12-7-9-13(10-8-12)15-11-16(22)21-18(23-15)19-17(20-21)14-5-3-2-4-6-14/h2-11H,1H3. The Bertz CT molecular complexity index is 1030. The first kappa shape index (κ1) is 13.8. The highest BCUT2D eigenvalue weighted by atomic mass is 32.1. The summed E-state index contributed by atoms with van der Waals surface area (Å²) in [6.07, 6.45) is 0. The van der Waals surface area contributed by atoms with Crippen molar-refractivity contribution < 1.29 is 0 Å². The highest BCUT2D eigenvalue weighted by Crippen LogP contribution is 2.26. The van der Waals surface area contributed by atoms with Crippen LogP contribution in [0.25, 0.3) is 26.8 Å². The molecule has 0 aliphatic heterocycles. The summed E-state index contributed by atoms with van der Waals surface area (Å²) in [5, 5.41) is 4.33. The summed E-state index contributed by atoms with van der Waals surface area (Å²) in [7, 11) is 0. The van der Waals surface area contributed by atoms with Gasteiger partial charge in [0.2, 0.25) is 4.96 Å². The summed E-state index contributed by atoms with van der Waals surface area (Å²) in [4.78, 5) is 18.4. The molecule has 4 rings (SSSR count). The van der Waals surface area contributed by atoms with Gasteiger partial charge in [0, 0.05) is 16.5 Å². The third-order valence-corrected chi connectivity index (χ3v) is 4.63. The number of aryl methyl sites for hydroxylation is 1. The van der Waals surface area contributed by atoms with Gasteiger partial charge in [-0.05, 0) is 12.5 Å². The fourth-order valence-electron chi connectivity index (χ4n) is 2.38. The highest BCUT2D eigenvalue weighted by Gasteiger charge is 2.11. The predicted octanol–water partition coefficient (Wildman–Crippen LogP) is 3.79. The largest absolute Gasteiger partial charge is 0.275 e. The molecule has 4 nitrogen and oxygen atoms in total. The van der Waals surface area contributed by atoms with Crippen molar-refractivity contribution in [2.24, 2.45) is 0 Å². The maximum Gasteiger partial charge on any atom is 0.275 e. The van der Waals surface area contributed by atoms with Crippen molar-refractivity contribution in [1.29, 1.82) is 0 Å². The summed E-state index contributed by atoms with van der Waals surface area (Å²) in [6.45, 7) is 2.04. The van der Waals surface area contributed by atoms with Gasteiger partial charge in [-0.25, -0.2) is 0 Å². The van der Waals surface area contributed by atoms with Crippen molar-refractivity contribution in [3.63, 3.8) is 0 Å². The first-order valence-electron chi connectivity index (χ1n) is 7.24. The Balaban J connectivity index is 1.87. The van der Waals surface area contributed by atoms with Gasteiger partial charge < -0.3 is 0 Å². The van der Waals surface area contributed by atoms with E-state index in [-0.39, 0.29) is 5.56 Å². The van der Waals surface area contributed by atoms with E-state index in [9.17, 15) is 4.79 Å². The average molecular weight is 319 g/mol. The van der Waals surface area contributed by atoms with Gasteiger partial charge in [-0.2, -0.15) is 9.50 Å². The fraction of sp³-hybridized carbons (Fsp3) is 0.0556. The van der Waals surface area contributed by atoms with E-state index in [0.717, 1.165) is 16.0 Å². The first-order chi connectivity index (χ1) is 11.2. The zero-order valence-corrected chi connectivity index (χ0v) is 13.2. The minimum atomic E-state index is -0.163. The lowest BCUT2D eigenvalue weighted by Crippen LogP contribution is -2.11. The monoisotopic (exact) mass is 319 g/mol. The van der Waals surface area contributed by atoms with Crippen molar-refractivity contribution in [3.8, 4) is 21.8 Å². The molecule has 0 saturated heterocycles. The lowest BCUT2D eigenvalue weighted by Gasteiger charge is -2.00. The van der Waals surface area contributed by atoms with E-state index in [1.807, 2.05) is 61.5 Å². The van der Waals surface area contributed by atoms with Crippen LogP contribution in [0.5, 0.6) is 0 Å². The lowest BCUT2D eigenvalue weighted by molar-refractivity contribution is 0.934. The second-order valence-corrected chi connectivity index (χ2v) is 6.32. The zero-order valence-electron chi connectivity index (χ0n) is 12.4. The van der Waals surface area contributed by atoms with Crippen LogP contribution in [0, 0.1) is 6.92 Å². The summed E-state index contributed by atoms with van der Waals surface area (Å²) in [6, 6.07) is 19.4. The van der Waals surface area contributed by atoms with Gasteiger partial charge in [0.05, 0.1) is 0 Å². The average Bonchev–Trinajstić information content (AvgIpc) is 3.01. The van der Waals surface area contributed by atoms with Crippen molar-refractivity contribution >= 4 is 16.3 Å². The van der Waals surface area contributed by atoms with Crippen LogP contribution in [0.4, 0.5) is 0 Å². The molecule has 0 spiro atoms. The summed E-state index contributed by atoms with van der Waals surface area (Å²) >= 11 is 1.46. The molecule has 0 bridgehead atoms. The molecule has 5 heteroatoms. The summed E-state index contributed by atoms with van der Waals surface area (Å²) in [5.41, 5.74) is 2.95. The Morgan fingerprint density at radius 3 is 2.43 bits per heavy atom. The quantitative estimate of drug-likeness (QED) is 0.565. The SMILES string of the molecule is Cc1ccc(-c2cc(=O)n3nc(-c4ccccc4)nc3s2)cc1. The second-order valence-electron chi connectivity index (χ2n) is 5.31. The van der Waals surface area contributed by atoms with E-state index < -0.39 is 0 Å². The number of benzene rings is 2. The normalized spacial score (nSPS) is 11.0. The van der Waals surface area contributed by atoms with E-state index in [2.05, 4.69) is 10.1 Å². The van der Waals surface area contributed by atoms with Gasteiger partial charge in [0.15, 0.2) is 5.82 Å². The molecule has 0 fully saturated rings. The van der Waals surface area contributed by atoms with Gasteiger partial charge >= 0.3 is 0 Å². The van der Waals surface area contributed by atoms with Crippen molar-refractivity contribution in [2.75, 3.05) is 0 Å². The van der Waals surface area contributed by atoms with Crippen LogP contribution in [0.1, 0.15) is 5.56 Å². The van der Waals surface area contributed by atoms with Crippen LogP contribution in [0.3, 0.4) is 0 Å². The molecule has 23 heavy (non-hydrogen) atoms. The number of hydrogen-bond donors (Lipinski definition) is 0. The highest BCUT2D eigenvalue weighted by molar-refractivity contribution is 7.19. The number of rotatable bonds is 2. The zero-order chi connectivity index (χ0) is 15.8. The van der Waals surface area contributed by atoms with Gasteiger partial charge in [-0.1, -0.05) is 71.5 Å². The Morgan fingerprint density at radius 1 is 0.957 bits per heavy atom. The van der Waals surface area contributed by atoms with Crippen LogP contribution in [0.15, 0.2) is 65.5 Å². The molecular formula is C18H13N3OS. The molecule has 0 amide bonds. The van der Waals surface area contributed by atoms with E-state index in [0.29, 0.717) is 10.8 Å². The van der Waals surface area contributed by atoms with E-state index in [1.165, 1.54) is 21.4 Å². The minimum Gasteiger partial charge on any atom is -0.267 e. The van der Waals surface area contributed by atoms with Gasteiger partial charge in [0.1, 0.15) is 0 Å². The van der Waals surface area contributed by atoms with Crippen molar-refractivity contribution in [2.45, 2.75) is 6.92 Å². The smallest absolute Gasteiger partial charge is 0.267 e. The number of nitrogens with zero attached hydrogens (tertiary/aromatic N) is 3. The number of aromatic nitrogens is 3. The molecule has 0 aliphatic rings. The van der Waals surface area contributed by atoms with Crippen LogP contribution in [-0.2, 0) is 0 Å². The molecule has 4 aromatic rings. The minimum absolute atomic E-state index is 0.163. The van der Waals surface area contributed by atoms with E-state index in [1.54, 1.807) is 6.07 Å². The maximum absolute atomic E-state index is 12.4. The molecule has 2 aromatic heterocycles. The molecule has 0 unspecified atom stereocenters. The predicted molar refractivity (Wildman–Crippen MR) is 92.7 cm³/mol. The van der Waals surface area contributed by atoms with E-state index >= 15 is 0 Å². The van der Waals surface area contributed by atoms with Gasteiger partial charge in [0.25, 0.3) is 5.56 Å². The topological polar surface area (TPSA) is 47.3 Å². The molecule has 0 radical (unpaired) electrons. The Morgan fingerprint density at radius 2 is 1.70 bits per heavy atom. The van der Waals surface area contributed by atoms with Crippen LogP contribution in [-0.4, -0.2) is 14.6 Å². The lowest BCUT2D eigenvalue weighted by atomic mass is 10.1. The molecule has 0 N–H and O–H groups in total.